The van der Waals surface area contributed by atoms with E-state index in [-0.39, 0.29) is 38.2 Å². The molecule has 4 aromatic rings. The third-order valence-corrected chi connectivity index (χ3v) is 5.03. The molecule has 1 N–H and O–H groups in total. The zero-order valence-corrected chi connectivity index (χ0v) is 17.7. The number of nitrogens with zero attached hydrogens (tertiary/aromatic N) is 5. The maximum absolute atomic E-state index is 14.8. The van der Waals surface area contributed by atoms with Crippen molar-refractivity contribution in [1.29, 1.82) is 0 Å². The summed E-state index contributed by atoms with van der Waals surface area (Å²) in [6.45, 7) is 0. The van der Waals surface area contributed by atoms with E-state index in [9.17, 15) is 18.4 Å². The fourth-order valence-corrected chi connectivity index (χ4v) is 3.42. The minimum Gasteiger partial charge on any atom is -0.320 e. The molecule has 162 valence electrons. The molecule has 32 heavy (non-hydrogen) atoms. The van der Waals surface area contributed by atoms with Gasteiger partial charge in [0.05, 0.1) is 39.9 Å². The Bertz CT molecular complexity index is 1380. The molecule has 8 nitrogen and oxygen atoms in total. The fourth-order valence-electron chi connectivity index (χ4n) is 2.93. The number of hydrogen-bond acceptors (Lipinski definition) is 5. The minimum atomic E-state index is -1.04. The molecular weight excluding hydrogens is 465 g/mol. The van der Waals surface area contributed by atoms with Gasteiger partial charge in [0.25, 0.3) is 11.5 Å². The summed E-state index contributed by atoms with van der Waals surface area (Å²) in [6, 6.07) is 4.44. The lowest BCUT2D eigenvalue weighted by molar-refractivity contribution is 0.102. The number of amides is 1. The highest BCUT2D eigenvalue weighted by atomic mass is 35.5. The van der Waals surface area contributed by atoms with Gasteiger partial charge in [-0.15, -0.1) is 4.80 Å². The van der Waals surface area contributed by atoms with Crippen molar-refractivity contribution in [2.45, 2.75) is 0 Å². The van der Waals surface area contributed by atoms with Crippen LogP contribution in [0.2, 0.25) is 10.0 Å². The van der Waals surface area contributed by atoms with Crippen LogP contribution in [0, 0.1) is 11.6 Å². The molecule has 0 bridgehead atoms. The molecule has 1 aromatic carbocycles. The van der Waals surface area contributed by atoms with Gasteiger partial charge in [0.15, 0.2) is 11.6 Å². The Kier molecular flexibility index (Phi) is 5.72. The van der Waals surface area contributed by atoms with Crippen molar-refractivity contribution in [3.05, 3.63) is 86.6 Å². The van der Waals surface area contributed by atoms with Gasteiger partial charge in [-0.3, -0.25) is 9.59 Å². The zero-order valence-electron chi connectivity index (χ0n) is 16.2. The fraction of sp³-hybridized carbons (Fsp3) is 0.0500. The van der Waals surface area contributed by atoms with Crippen molar-refractivity contribution in [2.24, 2.45) is 7.05 Å². The molecule has 0 radical (unpaired) electrons. The first-order valence-electron chi connectivity index (χ1n) is 8.94. The second-order valence-electron chi connectivity index (χ2n) is 6.61. The number of hydrogen-bond donors (Lipinski definition) is 1. The SMILES string of the molecule is Cn1cc(-c2cc(Cl)c(C(=O)Nc3cnc(-n4nccn4)c(Cl)c3)cc2F)cc(F)c1=O. The topological polar surface area (TPSA) is 94.7 Å². The van der Waals surface area contributed by atoms with E-state index in [1.807, 2.05) is 0 Å². The van der Waals surface area contributed by atoms with Crippen LogP contribution in [-0.2, 0) is 7.05 Å². The molecule has 0 saturated heterocycles. The standard InChI is InChI=1S/C20H12Cl2F2N6O2/c1-29-9-10(4-17(24)20(29)32)12-6-14(21)13(7-16(12)23)19(31)28-11-5-15(22)18(25-8-11)30-26-2-3-27-30/h2-9H,1H3,(H,28,31). The Morgan fingerprint density at radius 1 is 1.03 bits per heavy atom. The molecule has 1 amide bonds. The monoisotopic (exact) mass is 476 g/mol. The number of benzene rings is 1. The van der Waals surface area contributed by atoms with Crippen LogP contribution in [0.5, 0.6) is 0 Å². The van der Waals surface area contributed by atoms with E-state index in [2.05, 4.69) is 20.5 Å². The lowest BCUT2D eigenvalue weighted by Gasteiger charge is -2.11. The highest BCUT2D eigenvalue weighted by Gasteiger charge is 2.18. The molecule has 0 aliphatic heterocycles. The molecule has 3 heterocycles. The van der Waals surface area contributed by atoms with Crippen molar-refractivity contribution < 1.29 is 13.6 Å². The summed E-state index contributed by atoms with van der Waals surface area (Å²) in [5, 5.41) is 10.5. The van der Waals surface area contributed by atoms with Crippen LogP contribution in [0.25, 0.3) is 16.9 Å². The lowest BCUT2D eigenvalue weighted by Crippen LogP contribution is -2.19. The van der Waals surface area contributed by atoms with Gasteiger partial charge in [-0.05, 0) is 24.3 Å². The summed E-state index contributed by atoms with van der Waals surface area (Å²) in [6.07, 6.45) is 5.51. The maximum Gasteiger partial charge on any atom is 0.286 e. The van der Waals surface area contributed by atoms with E-state index in [0.717, 1.165) is 16.7 Å². The Hall–Kier alpha value is -3.63. The zero-order chi connectivity index (χ0) is 23.0. The first kappa shape index (κ1) is 21.6. The molecule has 12 heteroatoms. The molecule has 0 unspecified atom stereocenters. The summed E-state index contributed by atoms with van der Waals surface area (Å²) in [5.74, 6) is -2.32. The Labute approximate surface area is 189 Å². The molecule has 0 fully saturated rings. The lowest BCUT2D eigenvalue weighted by atomic mass is 10.0. The van der Waals surface area contributed by atoms with Crippen molar-refractivity contribution in [2.75, 3.05) is 5.32 Å². The van der Waals surface area contributed by atoms with Crippen LogP contribution in [0.4, 0.5) is 14.5 Å². The first-order chi connectivity index (χ1) is 15.2. The van der Waals surface area contributed by atoms with Crippen molar-refractivity contribution in [3.63, 3.8) is 0 Å². The van der Waals surface area contributed by atoms with Crippen LogP contribution in [-0.4, -0.2) is 30.5 Å². The average Bonchev–Trinajstić information content (AvgIpc) is 3.27. The second-order valence-corrected chi connectivity index (χ2v) is 7.42. The van der Waals surface area contributed by atoms with Crippen LogP contribution < -0.4 is 10.9 Å². The molecule has 4 rings (SSSR count). The van der Waals surface area contributed by atoms with Crippen molar-refractivity contribution in [1.82, 2.24) is 24.5 Å². The normalized spacial score (nSPS) is 10.9. The number of anilines is 1. The van der Waals surface area contributed by atoms with Crippen LogP contribution in [0.1, 0.15) is 10.4 Å². The van der Waals surface area contributed by atoms with Crippen molar-refractivity contribution in [3.8, 4) is 16.9 Å². The van der Waals surface area contributed by atoms with Crippen LogP contribution in [0.3, 0.4) is 0 Å². The quantitative estimate of drug-likeness (QED) is 0.482. The summed E-state index contributed by atoms with van der Waals surface area (Å²) in [5.41, 5.74) is -0.752. The molecular formula is C20H12Cl2F2N6O2. The first-order valence-corrected chi connectivity index (χ1v) is 9.69. The largest absolute Gasteiger partial charge is 0.320 e. The van der Waals surface area contributed by atoms with E-state index in [4.69, 9.17) is 23.2 Å². The predicted octanol–water partition coefficient (Wildman–Crippen LogP) is 3.87. The average molecular weight is 477 g/mol. The highest BCUT2D eigenvalue weighted by molar-refractivity contribution is 6.35. The number of aryl methyl sites for hydroxylation is 1. The highest BCUT2D eigenvalue weighted by Crippen LogP contribution is 2.30. The third kappa shape index (κ3) is 4.10. The number of nitrogens with one attached hydrogen (secondary N) is 1. The summed E-state index contributed by atoms with van der Waals surface area (Å²) in [7, 11) is 1.34. The van der Waals surface area contributed by atoms with Gasteiger partial charge in [-0.25, -0.2) is 13.8 Å². The van der Waals surface area contributed by atoms with Crippen LogP contribution in [0.15, 0.2) is 53.8 Å². The number of carbonyl (C=O) groups is 1. The molecule has 0 aliphatic rings. The number of pyridine rings is 2. The molecule has 0 atom stereocenters. The second kappa shape index (κ2) is 8.48. The van der Waals surface area contributed by atoms with E-state index < -0.39 is 23.1 Å². The molecule has 0 spiro atoms. The maximum atomic E-state index is 14.8. The van der Waals surface area contributed by atoms with Gasteiger partial charge in [-0.1, -0.05) is 23.2 Å². The number of carbonyl (C=O) groups excluding carboxylic acids is 1. The van der Waals surface area contributed by atoms with Crippen molar-refractivity contribution >= 4 is 34.8 Å². The van der Waals surface area contributed by atoms with E-state index in [1.165, 1.54) is 48.8 Å². The van der Waals surface area contributed by atoms with Gasteiger partial charge in [0, 0.05) is 24.4 Å². The van der Waals surface area contributed by atoms with Gasteiger partial charge >= 0.3 is 0 Å². The minimum absolute atomic E-state index is 0.0677. The van der Waals surface area contributed by atoms with E-state index in [1.54, 1.807) is 0 Å². The smallest absolute Gasteiger partial charge is 0.286 e. The van der Waals surface area contributed by atoms with Crippen LogP contribution >= 0.6 is 23.2 Å². The molecule has 0 aliphatic carbocycles. The summed E-state index contributed by atoms with van der Waals surface area (Å²) < 4.78 is 29.5. The molecule has 3 aromatic heterocycles. The van der Waals surface area contributed by atoms with E-state index >= 15 is 0 Å². The Morgan fingerprint density at radius 2 is 1.75 bits per heavy atom. The Balaban J connectivity index is 1.62. The number of rotatable bonds is 4. The molecule has 0 saturated carbocycles. The number of halogens is 4. The van der Waals surface area contributed by atoms with Gasteiger partial charge in [-0.2, -0.15) is 10.2 Å². The van der Waals surface area contributed by atoms with E-state index in [0.29, 0.717) is 0 Å². The number of aromatic nitrogens is 5. The Morgan fingerprint density at radius 3 is 2.41 bits per heavy atom. The predicted molar refractivity (Wildman–Crippen MR) is 114 cm³/mol. The van der Waals surface area contributed by atoms with Gasteiger partial charge in [0.2, 0.25) is 0 Å². The van der Waals surface area contributed by atoms with Gasteiger partial charge in [0.1, 0.15) is 5.82 Å². The summed E-state index contributed by atoms with van der Waals surface area (Å²) in [4.78, 5) is 29.5. The van der Waals surface area contributed by atoms with Gasteiger partial charge < -0.3 is 9.88 Å². The summed E-state index contributed by atoms with van der Waals surface area (Å²) >= 11 is 12.4. The third-order valence-electron chi connectivity index (χ3n) is 4.44.